The van der Waals surface area contributed by atoms with Gasteiger partial charge in [-0.15, -0.1) is 0 Å². The zero-order valence-electron chi connectivity index (χ0n) is 10.2. The Balaban J connectivity index is 2.08. The summed E-state index contributed by atoms with van der Waals surface area (Å²) in [5, 5.41) is 2.88. The zero-order chi connectivity index (χ0) is 11.7. The minimum Gasteiger partial charge on any atom is -0.370 e. The first-order chi connectivity index (χ1) is 7.63. The van der Waals surface area contributed by atoms with Crippen molar-refractivity contribution in [3.05, 3.63) is 0 Å². The molecule has 0 aromatic rings. The van der Waals surface area contributed by atoms with Crippen LogP contribution in [0.1, 0.15) is 33.6 Å². The third-order valence-electron chi connectivity index (χ3n) is 3.10. The van der Waals surface area contributed by atoms with E-state index >= 15 is 0 Å². The molecule has 0 bridgehead atoms. The minimum atomic E-state index is -0.225. The van der Waals surface area contributed by atoms with Gasteiger partial charge in [0.25, 0.3) is 0 Å². The van der Waals surface area contributed by atoms with Gasteiger partial charge in [-0.2, -0.15) is 0 Å². The Hall–Kier alpha value is -0.900. The number of nitrogens with zero attached hydrogens (tertiary/aromatic N) is 1. The van der Waals surface area contributed by atoms with Gasteiger partial charge in [0, 0.05) is 6.61 Å². The molecule has 1 aliphatic carbocycles. The van der Waals surface area contributed by atoms with Crippen LogP contribution >= 0.6 is 0 Å². The molecular weight excluding hydrogens is 204 g/mol. The van der Waals surface area contributed by atoms with Gasteiger partial charge in [0.05, 0.1) is 0 Å². The molecule has 0 saturated heterocycles. The number of amides is 1. The fourth-order valence-corrected chi connectivity index (χ4v) is 2.05. The maximum Gasteiger partial charge on any atom is 0.250 e. The fourth-order valence-electron chi connectivity index (χ4n) is 2.05. The van der Waals surface area contributed by atoms with Gasteiger partial charge >= 0.3 is 0 Å². The van der Waals surface area contributed by atoms with Gasteiger partial charge in [0.1, 0.15) is 18.0 Å². The Labute approximate surface area is 96.5 Å². The van der Waals surface area contributed by atoms with Gasteiger partial charge in [-0.25, -0.2) is 0 Å². The fraction of sp³-hybridized carbons (Fsp3) is 0.833. The van der Waals surface area contributed by atoms with Crippen molar-refractivity contribution >= 4 is 11.7 Å². The minimum absolute atomic E-state index is 0.0118. The first-order valence-corrected chi connectivity index (χ1v) is 6.13. The number of carbonyl (C=O) groups excluding carboxylic acids is 1. The van der Waals surface area contributed by atoms with Gasteiger partial charge in [-0.1, -0.05) is 13.8 Å². The van der Waals surface area contributed by atoms with Crippen molar-refractivity contribution in [2.45, 2.75) is 45.8 Å². The van der Waals surface area contributed by atoms with Crippen molar-refractivity contribution in [3.8, 4) is 0 Å². The number of nitrogens with one attached hydrogen (secondary N) is 1. The second kappa shape index (κ2) is 4.53. The molecule has 2 atom stereocenters. The topological polar surface area (TPSA) is 50.7 Å². The highest BCUT2D eigenvalue weighted by atomic mass is 16.5. The van der Waals surface area contributed by atoms with Gasteiger partial charge < -0.3 is 10.1 Å². The van der Waals surface area contributed by atoms with Crippen LogP contribution in [0.15, 0.2) is 4.99 Å². The Morgan fingerprint density at radius 3 is 2.62 bits per heavy atom. The maximum absolute atomic E-state index is 11.7. The van der Waals surface area contributed by atoms with Crippen LogP contribution in [0.25, 0.3) is 0 Å². The normalized spacial score (nSPS) is 26.9. The molecule has 1 aliphatic heterocycles. The molecule has 2 rings (SSSR count). The maximum atomic E-state index is 11.7. The van der Waals surface area contributed by atoms with Crippen LogP contribution in [-0.2, 0) is 9.53 Å². The molecule has 0 spiro atoms. The van der Waals surface area contributed by atoms with E-state index in [2.05, 4.69) is 10.3 Å². The number of aliphatic imine (C=N–C) groups is 1. The summed E-state index contributed by atoms with van der Waals surface area (Å²) in [6, 6.07) is -0.225. The van der Waals surface area contributed by atoms with E-state index in [1.807, 2.05) is 20.8 Å². The highest BCUT2D eigenvalue weighted by molar-refractivity contribution is 6.08. The summed E-state index contributed by atoms with van der Waals surface area (Å²) in [4.78, 5) is 16.2. The van der Waals surface area contributed by atoms with Gasteiger partial charge in [0.2, 0.25) is 5.91 Å². The summed E-state index contributed by atoms with van der Waals surface area (Å²) in [5.74, 6) is 1.59. The predicted octanol–water partition coefficient (Wildman–Crippen LogP) is 1.35. The number of hydrogen-bond acceptors (Lipinski definition) is 3. The second-order valence-electron chi connectivity index (χ2n) is 4.91. The van der Waals surface area contributed by atoms with Gasteiger partial charge in [0.15, 0.2) is 0 Å². The Kier molecular flexibility index (Phi) is 3.28. The molecule has 2 aliphatic rings. The summed E-state index contributed by atoms with van der Waals surface area (Å²) < 4.78 is 5.68. The van der Waals surface area contributed by atoms with Crippen molar-refractivity contribution < 1.29 is 9.53 Å². The summed E-state index contributed by atoms with van der Waals surface area (Å²) in [6.45, 7) is 6.68. The molecule has 16 heavy (non-hydrogen) atoms. The molecule has 1 fully saturated rings. The molecule has 1 amide bonds. The third-order valence-corrected chi connectivity index (χ3v) is 3.10. The summed E-state index contributed by atoms with van der Waals surface area (Å²) >= 11 is 0. The number of ether oxygens (including phenoxy) is 1. The average Bonchev–Trinajstić information content (AvgIpc) is 2.98. The van der Waals surface area contributed by atoms with Crippen LogP contribution in [0, 0.1) is 11.8 Å². The lowest BCUT2D eigenvalue weighted by Gasteiger charge is -2.15. The highest BCUT2D eigenvalue weighted by Gasteiger charge is 2.40. The highest BCUT2D eigenvalue weighted by Crippen LogP contribution is 2.35. The van der Waals surface area contributed by atoms with Gasteiger partial charge in [-0.3, -0.25) is 9.79 Å². The number of amidine groups is 1. The largest absolute Gasteiger partial charge is 0.370 e. The first-order valence-electron chi connectivity index (χ1n) is 6.13. The Morgan fingerprint density at radius 2 is 2.19 bits per heavy atom. The number of rotatable bonds is 5. The number of hydrogen-bond donors (Lipinski definition) is 1. The molecular formula is C12H20N2O2. The Morgan fingerprint density at radius 1 is 1.50 bits per heavy atom. The first kappa shape index (κ1) is 11.6. The Bertz CT molecular complexity index is 308. The molecule has 4 heteroatoms. The molecule has 4 nitrogen and oxygen atoms in total. The summed E-state index contributed by atoms with van der Waals surface area (Å²) in [7, 11) is 0. The van der Waals surface area contributed by atoms with E-state index in [-0.39, 0.29) is 24.0 Å². The van der Waals surface area contributed by atoms with Crippen LogP contribution in [0.4, 0.5) is 0 Å². The third kappa shape index (κ3) is 2.26. The van der Waals surface area contributed by atoms with Crippen molar-refractivity contribution in [2.24, 2.45) is 16.8 Å². The lowest BCUT2D eigenvalue weighted by Crippen LogP contribution is -2.38. The van der Waals surface area contributed by atoms with Crippen LogP contribution in [-0.4, -0.2) is 30.5 Å². The summed E-state index contributed by atoms with van der Waals surface area (Å²) in [5.41, 5.74) is 0. The average molecular weight is 224 g/mol. The van der Waals surface area contributed by atoms with E-state index in [9.17, 15) is 4.79 Å². The van der Waals surface area contributed by atoms with Crippen molar-refractivity contribution in [2.75, 3.05) is 6.61 Å². The molecule has 1 N–H and O–H groups in total. The van der Waals surface area contributed by atoms with E-state index in [1.165, 1.54) is 12.8 Å². The van der Waals surface area contributed by atoms with Crippen LogP contribution in [0.3, 0.4) is 0 Å². The summed E-state index contributed by atoms with van der Waals surface area (Å²) in [6.07, 6.45) is 2.38. The zero-order valence-corrected chi connectivity index (χ0v) is 10.2. The number of carbonyl (C=O) groups is 1. The van der Waals surface area contributed by atoms with E-state index in [0.717, 1.165) is 5.84 Å². The van der Waals surface area contributed by atoms with Crippen LogP contribution < -0.4 is 5.32 Å². The molecule has 0 aromatic heterocycles. The lowest BCUT2D eigenvalue weighted by molar-refractivity contribution is -0.120. The van der Waals surface area contributed by atoms with E-state index in [4.69, 9.17) is 4.74 Å². The van der Waals surface area contributed by atoms with E-state index < -0.39 is 0 Å². The smallest absolute Gasteiger partial charge is 0.250 e. The van der Waals surface area contributed by atoms with E-state index in [0.29, 0.717) is 12.5 Å². The molecule has 90 valence electrons. The van der Waals surface area contributed by atoms with Crippen LogP contribution in [0.5, 0.6) is 0 Å². The molecule has 1 saturated carbocycles. The predicted molar refractivity (Wildman–Crippen MR) is 62.3 cm³/mol. The second-order valence-corrected chi connectivity index (χ2v) is 4.91. The molecule has 1 heterocycles. The lowest BCUT2D eigenvalue weighted by atomic mass is 10.1. The van der Waals surface area contributed by atoms with E-state index in [1.54, 1.807) is 0 Å². The molecule has 2 unspecified atom stereocenters. The standard InChI is InChI=1S/C12H20N2O2/c1-4-16-10(8-5-6-8)11-13-9(7(2)3)12(15)14-11/h7-10H,4-6H2,1-3H3,(H,13,14,15). The van der Waals surface area contributed by atoms with Crippen molar-refractivity contribution in [3.63, 3.8) is 0 Å². The SMILES string of the molecule is CCOC(C1=NC(C(C)C)C(=O)N1)C1CC1. The van der Waals surface area contributed by atoms with Crippen LogP contribution in [0.2, 0.25) is 0 Å². The van der Waals surface area contributed by atoms with Crippen molar-refractivity contribution in [1.82, 2.24) is 5.32 Å². The molecule has 0 radical (unpaired) electrons. The quantitative estimate of drug-likeness (QED) is 0.766. The van der Waals surface area contributed by atoms with Gasteiger partial charge in [-0.05, 0) is 31.6 Å². The monoisotopic (exact) mass is 224 g/mol. The molecule has 0 aromatic carbocycles. The van der Waals surface area contributed by atoms with Crippen molar-refractivity contribution in [1.29, 1.82) is 0 Å².